The van der Waals surface area contributed by atoms with Crippen LogP contribution in [0.1, 0.15) is 44.4 Å². The van der Waals surface area contributed by atoms with Crippen molar-refractivity contribution < 1.29 is 18.3 Å². The highest BCUT2D eigenvalue weighted by molar-refractivity contribution is 5.32. The van der Waals surface area contributed by atoms with Crippen LogP contribution in [0.5, 0.6) is 0 Å². The summed E-state index contributed by atoms with van der Waals surface area (Å²) >= 11 is 0. The Hall–Kier alpha value is -1.07. The van der Waals surface area contributed by atoms with Gasteiger partial charge in [0.15, 0.2) is 0 Å². The molecular weight excluding hydrogens is 267 g/mol. The Morgan fingerprint density at radius 3 is 2.30 bits per heavy atom. The van der Waals surface area contributed by atoms with Crippen molar-refractivity contribution >= 4 is 0 Å². The summed E-state index contributed by atoms with van der Waals surface area (Å²) in [6.45, 7) is 5.94. The summed E-state index contributed by atoms with van der Waals surface area (Å²) in [5, 5.41) is 12.7. The Bertz CT molecular complexity index is 418. The normalized spacial score (nSPS) is 15.4. The average molecular weight is 289 g/mol. The number of aliphatic hydroxyl groups excluding tert-OH is 1. The molecule has 0 saturated carbocycles. The molecule has 0 fully saturated rings. The van der Waals surface area contributed by atoms with Crippen molar-refractivity contribution in [1.82, 2.24) is 5.32 Å². The fourth-order valence-electron chi connectivity index (χ4n) is 2.18. The van der Waals surface area contributed by atoms with Gasteiger partial charge in [-0.15, -0.1) is 0 Å². The minimum atomic E-state index is -4.36. The van der Waals surface area contributed by atoms with E-state index in [0.717, 1.165) is 6.07 Å². The number of nitrogens with one attached hydrogen (secondary N) is 1. The van der Waals surface area contributed by atoms with Crippen LogP contribution in [0.2, 0.25) is 0 Å². The molecule has 0 aliphatic heterocycles. The first-order valence-corrected chi connectivity index (χ1v) is 6.79. The van der Waals surface area contributed by atoms with Crippen molar-refractivity contribution in [3.05, 3.63) is 35.4 Å². The maximum Gasteiger partial charge on any atom is 0.416 e. The highest BCUT2D eigenvalue weighted by atomic mass is 19.4. The maximum atomic E-state index is 12.9. The third-order valence-corrected chi connectivity index (χ3v) is 3.14. The number of aliphatic hydroxyl groups is 1. The maximum absolute atomic E-state index is 12.9. The number of hydrogen-bond donors (Lipinski definition) is 2. The second-order valence-corrected chi connectivity index (χ2v) is 5.50. The van der Waals surface area contributed by atoms with E-state index in [1.807, 2.05) is 13.8 Å². The first-order valence-electron chi connectivity index (χ1n) is 6.79. The van der Waals surface area contributed by atoms with Crippen LogP contribution >= 0.6 is 0 Å². The van der Waals surface area contributed by atoms with Gasteiger partial charge in [-0.1, -0.05) is 32.0 Å². The largest absolute Gasteiger partial charge is 0.416 e. The zero-order valence-corrected chi connectivity index (χ0v) is 12.0. The van der Waals surface area contributed by atoms with Crippen LogP contribution in [-0.2, 0) is 6.18 Å². The van der Waals surface area contributed by atoms with Gasteiger partial charge in [0, 0.05) is 12.6 Å². The van der Waals surface area contributed by atoms with E-state index in [9.17, 15) is 18.3 Å². The number of rotatable bonds is 6. The highest BCUT2D eigenvalue weighted by Crippen LogP contribution is 2.34. The summed E-state index contributed by atoms with van der Waals surface area (Å²) < 4.78 is 38.7. The summed E-state index contributed by atoms with van der Waals surface area (Å²) in [5.74, 6) is 0.351. The van der Waals surface area contributed by atoms with Gasteiger partial charge in [-0.05, 0) is 30.9 Å². The predicted octanol–water partition coefficient (Wildman–Crippen LogP) is 3.76. The molecule has 5 heteroatoms. The predicted molar refractivity (Wildman–Crippen MR) is 73.3 cm³/mol. The van der Waals surface area contributed by atoms with Gasteiger partial charge in [0.25, 0.3) is 0 Å². The van der Waals surface area contributed by atoms with Crippen LogP contribution in [0.15, 0.2) is 24.3 Å². The lowest BCUT2D eigenvalue weighted by atomic mass is 10.0. The first kappa shape index (κ1) is 17.0. The fraction of sp³-hybridized carbons (Fsp3) is 0.600. The van der Waals surface area contributed by atoms with Crippen LogP contribution in [0.3, 0.4) is 0 Å². The summed E-state index contributed by atoms with van der Waals surface area (Å²) in [6, 6.07) is 5.06. The van der Waals surface area contributed by atoms with Crippen molar-refractivity contribution in [3.63, 3.8) is 0 Å². The second-order valence-electron chi connectivity index (χ2n) is 5.50. The Morgan fingerprint density at radius 2 is 1.75 bits per heavy atom. The minimum Gasteiger partial charge on any atom is -0.392 e. The molecule has 0 aliphatic rings. The molecule has 0 amide bonds. The van der Waals surface area contributed by atoms with E-state index in [0.29, 0.717) is 12.3 Å². The van der Waals surface area contributed by atoms with Crippen molar-refractivity contribution in [2.45, 2.75) is 45.5 Å². The van der Waals surface area contributed by atoms with Crippen LogP contribution < -0.4 is 5.32 Å². The molecule has 20 heavy (non-hydrogen) atoms. The number of alkyl halides is 3. The zero-order valence-electron chi connectivity index (χ0n) is 12.0. The molecule has 0 spiro atoms. The van der Waals surface area contributed by atoms with Gasteiger partial charge in [-0.25, -0.2) is 0 Å². The monoisotopic (exact) mass is 289 g/mol. The Labute approximate surface area is 118 Å². The Kier molecular flexibility index (Phi) is 6.02. The van der Waals surface area contributed by atoms with Gasteiger partial charge in [-0.2, -0.15) is 13.2 Å². The molecule has 0 bridgehead atoms. The third-order valence-electron chi connectivity index (χ3n) is 3.14. The molecule has 2 N–H and O–H groups in total. The molecule has 0 heterocycles. The van der Waals surface area contributed by atoms with Crippen molar-refractivity contribution in [2.24, 2.45) is 5.92 Å². The van der Waals surface area contributed by atoms with Gasteiger partial charge < -0.3 is 10.4 Å². The van der Waals surface area contributed by atoms with E-state index in [4.69, 9.17) is 0 Å². The van der Waals surface area contributed by atoms with Gasteiger partial charge in [0.05, 0.1) is 11.7 Å². The second kappa shape index (κ2) is 7.09. The molecule has 2 nitrogen and oxygen atoms in total. The fourth-order valence-corrected chi connectivity index (χ4v) is 2.18. The van der Waals surface area contributed by atoms with Gasteiger partial charge in [-0.3, -0.25) is 0 Å². The van der Waals surface area contributed by atoms with Crippen molar-refractivity contribution in [2.75, 3.05) is 6.54 Å². The lowest BCUT2D eigenvalue weighted by molar-refractivity contribution is -0.138. The van der Waals surface area contributed by atoms with Crippen LogP contribution in [0.4, 0.5) is 13.2 Å². The molecule has 2 unspecified atom stereocenters. The van der Waals surface area contributed by atoms with Crippen LogP contribution in [0.25, 0.3) is 0 Å². The molecule has 0 aromatic heterocycles. The molecule has 0 aliphatic carbocycles. The lowest BCUT2D eigenvalue weighted by Gasteiger charge is -2.21. The number of halogens is 3. The van der Waals surface area contributed by atoms with Crippen molar-refractivity contribution in [3.8, 4) is 0 Å². The Morgan fingerprint density at radius 1 is 1.15 bits per heavy atom. The SMILES string of the molecule is CC(C)CC(O)CNC(C)c1ccccc1C(F)(F)F. The van der Waals surface area contributed by atoms with E-state index < -0.39 is 23.9 Å². The molecule has 1 aromatic carbocycles. The van der Waals surface area contributed by atoms with Gasteiger partial charge >= 0.3 is 6.18 Å². The van der Waals surface area contributed by atoms with E-state index in [2.05, 4.69) is 5.32 Å². The smallest absolute Gasteiger partial charge is 0.392 e. The van der Waals surface area contributed by atoms with Gasteiger partial charge in [0.2, 0.25) is 0 Å². The van der Waals surface area contributed by atoms with Crippen LogP contribution in [0, 0.1) is 5.92 Å². The zero-order chi connectivity index (χ0) is 15.3. The molecular formula is C15H22F3NO. The van der Waals surface area contributed by atoms with Gasteiger partial charge in [0.1, 0.15) is 0 Å². The minimum absolute atomic E-state index is 0.205. The Balaban J connectivity index is 2.71. The highest BCUT2D eigenvalue weighted by Gasteiger charge is 2.34. The number of benzene rings is 1. The quantitative estimate of drug-likeness (QED) is 0.835. The molecule has 0 radical (unpaired) electrons. The molecule has 2 atom stereocenters. The first-order chi connectivity index (χ1) is 9.21. The average Bonchev–Trinajstić information content (AvgIpc) is 2.34. The third kappa shape index (κ3) is 5.13. The van der Waals surface area contributed by atoms with Crippen molar-refractivity contribution in [1.29, 1.82) is 0 Å². The van der Waals surface area contributed by atoms with Crippen LogP contribution in [-0.4, -0.2) is 17.8 Å². The molecule has 114 valence electrons. The summed E-state index contributed by atoms with van der Waals surface area (Å²) in [7, 11) is 0. The van der Waals surface area contributed by atoms with E-state index in [1.165, 1.54) is 12.1 Å². The molecule has 0 saturated heterocycles. The summed E-state index contributed by atoms with van der Waals surface area (Å²) in [6.07, 6.45) is -4.28. The van der Waals surface area contributed by atoms with E-state index in [-0.39, 0.29) is 12.1 Å². The molecule has 1 rings (SSSR count). The number of hydrogen-bond acceptors (Lipinski definition) is 2. The summed E-state index contributed by atoms with van der Waals surface area (Å²) in [4.78, 5) is 0. The molecule has 1 aromatic rings. The summed E-state index contributed by atoms with van der Waals surface area (Å²) in [5.41, 5.74) is -0.421. The topological polar surface area (TPSA) is 32.3 Å². The van der Waals surface area contributed by atoms with E-state index >= 15 is 0 Å². The standard InChI is InChI=1S/C15H22F3NO/c1-10(2)8-12(20)9-19-11(3)13-6-4-5-7-14(13)15(16,17)18/h4-7,10-12,19-20H,8-9H2,1-3H3. The van der Waals surface area contributed by atoms with E-state index in [1.54, 1.807) is 13.0 Å². The lowest BCUT2D eigenvalue weighted by Crippen LogP contribution is -2.31.